The lowest BCUT2D eigenvalue weighted by Gasteiger charge is -2.26. The number of hydrogen-bond donors (Lipinski definition) is 0. The van der Waals surface area contributed by atoms with Crippen molar-refractivity contribution in [3.8, 4) is 0 Å². The predicted octanol–water partition coefficient (Wildman–Crippen LogP) is 3.81. The third-order valence-electron chi connectivity index (χ3n) is 5.45. The molecule has 1 aromatic rings. The molecule has 4 rings (SSSR count). The minimum absolute atomic E-state index is 0.135. The number of carbonyl (C=O) groups is 3. The van der Waals surface area contributed by atoms with Crippen LogP contribution >= 0.6 is 27.7 Å². The summed E-state index contributed by atoms with van der Waals surface area (Å²) in [5.41, 5.74) is 1.46. The van der Waals surface area contributed by atoms with Crippen molar-refractivity contribution >= 4 is 56.9 Å². The summed E-state index contributed by atoms with van der Waals surface area (Å²) >= 11 is 4.73. The van der Waals surface area contributed by atoms with E-state index in [1.54, 1.807) is 13.0 Å². The maximum atomic E-state index is 13.5. The first-order valence-electron chi connectivity index (χ1n) is 9.56. The van der Waals surface area contributed by atoms with Gasteiger partial charge in [0.05, 0.1) is 12.3 Å². The average molecular weight is 465 g/mol. The van der Waals surface area contributed by atoms with E-state index in [4.69, 9.17) is 4.74 Å². The topological polar surface area (TPSA) is 76.0 Å². The van der Waals surface area contributed by atoms with E-state index < -0.39 is 10.8 Å². The highest BCUT2D eigenvalue weighted by molar-refractivity contribution is 9.10. The lowest BCUT2D eigenvalue weighted by molar-refractivity contribution is -0.135. The van der Waals surface area contributed by atoms with Crippen LogP contribution in [0.25, 0.3) is 0 Å². The van der Waals surface area contributed by atoms with Gasteiger partial charge in [-0.15, -0.1) is 11.8 Å². The van der Waals surface area contributed by atoms with Crippen LogP contribution in [0.2, 0.25) is 0 Å². The molecule has 28 heavy (non-hydrogen) atoms. The minimum atomic E-state index is -1.29. The molecule has 0 radical (unpaired) electrons. The zero-order valence-electron chi connectivity index (χ0n) is 15.6. The van der Waals surface area contributed by atoms with E-state index >= 15 is 0 Å². The first kappa shape index (κ1) is 19.6. The van der Waals surface area contributed by atoms with Gasteiger partial charge in [-0.25, -0.2) is 14.7 Å². The monoisotopic (exact) mass is 464 g/mol. The fourth-order valence-electron chi connectivity index (χ4n) is 4.10. The predicted molar refractivity (Wildman–Crippen MR) is 111 cm³/mol. The number of carbonyl (C=O) groups excluding carboxylic acids is 3. The van der Waals surface area contributed by atoms with Crippen LogP contribution in [0.5, 0.6) is 0 Å². The Hall–Kier alpha value is -1.67. The van der Waals surface area contributed by atoms with E-state index in [9.17, 15) is 14.4 Å². The number of thioether (sulfide) groups is 1. The Balaban J connectivity index is 1.76. The van der Waals surface area contributed by atoms with Crippen molar-refractivity contribution in [2.45, 2.75) is 43.9 Å². The number of hydrogen-bond acceptors (Lipinski definition) is 6. The molecule has 1 atom stereocenters. The van der Waals surface area contributed by atoms with Gasteiger partial charge < -0.3 is 4.74 Å². The van der Waals surface area contributed by atoms with E-state index in [1.165, 1.54) is 16.7 Å². The van der Waals surface area contributed by atoms with Crippen molar-refractivity contribution in [3.05, 3.63) is 28.2 Å². The smallest absolute Gasteiger partial charge is 0.353 e. The van der Waals surface area contributed by atoms with Gasteiger partial charge in [-0.05, 0) is 38.0 Å². The van der Waals surface area contributed by atoms with Crippen LogP contribution in [-0.4, -0.2) is 35.9 Å². The van der Waals surface area contributed by atoms with Crippen molar-refractivity contribution < 1.29 is 19.1 Å². The summed E-state index contributed by atoms with van der Waals surface area (Å²) in [6.45, 7) is 1.98. The van der Waals surface area contributed by atoms with Gasteiger partial charge in [-0.1, -0.05) is 35.2 Å². The number of aliphatic imine (C=N–C) groups is 1. The molecule has 0 saturated heterocycles. The summed E-state index contributed by atoms with van der Waals surface area (Å²) in [6, 6.07) is 5.43. The molecule has 3 aliphatic rings. The van der Waals surface area contributed by atoms with Crippen LogP contribution in [0, 0.1) is 5.92 Å². The number of nitrogens with zero attached hydrogens (tertiary/aromatic N) is 2. The molecule has 1 fully saturated rings. The molecule has 1 saturated carbocycles. The molecular weight excluding hydrogens is 444 g/mol. The third-order valence-corrected chi connectivity index (χ3v) is 7.27. The summed E-state index contributed by atoms with van der Waals surface area (Å²) in [5, 5.41) is 0. The second-order valence-corrected chi connectivity index (χ2v) is 9.27. The highest BCUT2D eigenvalue weighted by atomic mass is 79.9. The molecule has 1 aromatic carbocycles. The average Bonchev–Trinajstić information content (AvgIpc) is 3.25. The Labute approximate surface area is 176 Å². The van der Waals surface area contributed by atoms with Crippen LogP contribution in [0.3, 0.4) is 0 Å². The fourth-order valence-corrected chi connectivity index (χ4v) is 5.69. The van der Waals surface area contributed by atoms with E-state index in [2.05, 4.69) is 20.9 Å². The zero-order chi connectivity index (χ0) is 19.9. The molecule has 0 bridgehead atoms. The van der Waals surface area contributed by atoms with Crippen molar-refractivity contribution in [1.82, 2.24) is 0 Å². The maximum Gasteiger partial charge on any atom is 0.353 e. The Bertz CT molecular complexity index is 881. The summed E-state index contributed by atoms with van der Waals surface area (Å²) in [5.74, 6) is -0.884. The number of fused-ring (bicyclic) bond motifs is 2. The Morgan fingerprint density at radius 1 is 1.32 bits per heavy atom. The van der Waals surface area contributed by atoms with E-state index in [-0.39, 0.29) is 35.8 Å². The van der Waals surface area contributed by atoms with E-state index in [1.807, 2.05) is 12.1 Å². The number of halogens is 1. The molecule has 1 aliphatic carbocycles. The highest BCUT2D eigenvalue weighted by Gasteiger charge is 2.57. The molecule has 8 heteroatoms. The van der Waals surface area contributed by atoms with Crippen molar-refractivity contribution in [2.24, 2.45) is 10.9 Å². The number of benzene rings is 1. The number of imide groups is 1. The molecular formula is C20H21BrN2O4S. The number of amides is 2. The summed E-state index contributed by atoms with van der Waals surface area (Å²) in [7, 11) is 0. The standard InChI is InChI=1S/C20H21BrN2O4S/c1-2-27-18(25)15-11-28-20(22-15)14-10-13(21)8-9-16(14)23(19(20)26)17(24)12-6-4-3-5-7-12/h8-10,12H,2-7,11H2,1H3. The van der Waals surface area contributed by atoms with Crippen molar-refractivity contribution in [3.63, 3.8) is 0 Å². The maximum absolute atomic E-state index is 13.5. The Morgan fingerprint density at radius 3 is 2.79 bits per heavy atom. The van der Waals surface area contributed by atoms with Gasteiger partial charge in [0.15, 0.2) is 0 Å². The fraction of sp³-hybridized carbons (Fsp3) is 0.500. The molecule has 0 N–H and O–H groups in total. The highest BCUT2D eigenvalue weighted by Crippen LogP contribution is 2.54. The number of rotatable bonds is 3. The lowest BCUT2D eigenvalue weighted by atomic mass is 9.88. The quantitative estimate of drug-likeness (QED) is 0.502. The third kappa shape index (κ3) is 3.10. The molecule has 1 spiro atoms. The van der Waals surface area contributed by atoms with Gasteiger partial charge in [0.1, 0.15) is 5.71 Å². The number of esters is 1. The van der Waals surface area contributed by atoms with Gasteiger partial charge >= 0.3 is 5.97 Å². The van der Waals surface area contributed by atoms with Gasteiger partial charge in [-0.2, -0.15) is 0 Å². The van der Waals surface area contributed by atoms with Crippen LogP contribution in [0.15, 0.2) is 27.7 Å². The summed E-state index contributed by atoms with van der Waals surface area (Å²) < 4.78 is 5.86. The van der Waals surface area contributed by atoms with Crippen molar-refractivity contribution in [1.29, 1.82) is 0 Å². The molecule has 2 heterocycles. The van der Waals surface area contributed by atoms with Crippen LogP contribution in [-0.2, 0) is 24.0 Å². The first-order chi connectivity index (χ1) is 13.5. The van der Waals surface area contributed by atoms with Crippen LogP contribution in [0.1, 0.15) is 44.6 Å². The van der Waals surface area contributed by atoms with E-state index in [0.29, 0.717) is 11.3 Å². The second-order valence-electron chi connectivity index (χ2n) is 7.19. The summed E-state index contributed by atoms with van der Waals surface area (Å²) in [4.78, 5) is 43.5. The molecule has 2 amide bonds. The number of ether oxygens (including phenoxy) is 1. The van der Waals surface area contributed by atoms with Gasteiger partial charge in [0, 0.05) is 21.7 Å². The lowest BCUT2D eigenvalue weighted by Crippen LogP contribution is -2.43. The minimum Gasteiger partial charge on any atom is -0.461 e. The number of anilines is 1. The molecule has 2 aliphatic heterocycles. The SMILES string of the molecule is CCOC(=O)C1=NC2(SC1)C(=O)N(C(=O)C1CCCCC1)c1ccc(Br)cc12. The van der Waals surface area contributed by atoms with Gasteiger partial charge in [0.25, 0.3) is 5.91 Å². The normalized spacial score (nSPS) is 24.4. The first-order valence-corrected chi connectivity index (χ1v) is 11.3. The molecule has 0 aromatic heterocycles. The van der Waals surface area contributed by atoms with Gasteiger partial charge in [0.2, 0.25) is 10.8 Å². The van der Waals surface area contributed by atoms with Crippen molar-refractivity contribution in [2.75, 3.05) is 17.3 Å². The zero-order valence-corrected chi connectivity index (χ0v) is 18.0. The molecule has 148 valence electrons. The Kier molecular flexibility index (Phi) is 5.35. The second kappa shape index (κ2) is 7.63. The largest absolute Gasteiger partial charge is 0.461 e. The van der Waals surface area contributed by atoms with Crippen LogP contribution in [0.4, 0.5) is 5.69 Å². The molecule has 6 nitrogen and oxygen atoms in total. The van der Waals surface area contributed by atoms with Crippen LogP contribution < -0.4 is 4.90 Å². The Morgan fingerprint density at radius 2 is 2.07 bits per heavy atom. The molecule has 1 unspecified atom stereocenters. The van der Waals surface area contributed by atoms with E-state index in [0.717, 1.165) is 36.6 Å². The summed E-state index contributed by atoms with van der Waals surface area (Å²) in [6.07, 6.45) is 4.78. The van der Waals surface area contributed by atoms with Gasteiger partial charge in [-0.3, -0.25) is 9.59 Å².